The van der Waals surface area contributed by atoms with Crippen molar-refractivity contribution in [3.05, 3.63) is 24.3 Å². The highest BCUT2D eigenvalue weighted by Gasteiger charge is 2.30. The highest BCUT2D eigenvalue weighted by atomic mass is 32.2. The Hall–Kier alpha value is -1.15. The number of benzene rings is 1. The lowest BCUT2D eigenvalue weighted by atomic mass is 9.98. The number of sulfonamides is 1. The van der Waals surface area contributed by atoms with Crippen molar-refractivity contribution in [1.82, 2.24) is 4.72 Å². The number of ether oxygens (including phenoxy) is 1. The van der Waals surface area contributed by atoms with Crippen LogP contribution in [-0.4, -0.2) is 47.8 Å². The standard InChI is InChI=1S/C14H23N3O3S/c1-16-21(18,19)14-6-4-3-5-13(14)17-8-7-12(20-2)9-11(17)10-15/h3-6,11-12,16H,7-10,15H2,1-2H3. The van der Waals surface area contributed by atoms with Gasteiger partial charge in [0.1, 0.15) is 4.90 Å². The second-order valence-corrected chi connectivity index (χ2v) is 7.00. The molecular weight excluding hydrogens is 290 g/mol. The summed E-state index contributed by atoms with van der Waals surface area (Å²) >= 11 is 0. The average molecular weight is 313 g/mol. The average Bonchev–Trinajstić information content (AvgIpc) is 2.54. The molecule has 0 amide bonds. The van der Waals surface area contributed by atoms with Gasteiger partial charge in [0, 0.05) is 26.2 Å². The molecule has 118 valence electrons. The monoisotopic (exact) mass is 313 g/mol. The van der Waals surface area contributed by atoms with Gasteiger partial charge in [0.05, 0.1) is 11.8 Å². The van der Waals surface area contributed by atoms with Gasteiger partial charge in [-0.3, -0.25) is 0 Å². The number of rotatable bonds is 5. The largest absolute Gasteiger partial charge is 0.381 e. The molecule has 1 aromatic carbocycles. The van der Waals surface area contributed by atoms with Gasteiger partial charge in [-0.2, -0.15) is 0 Å². The van der Waals surface area contributed by atoms with Crippen LogP contribution in [0.4, 0.5) is 5.69 Å². The summed E-state index contributed by atoms with van der Waals surface area (Å²) in [6.45, 7) is 1.20. The van der Waals surface area contributed by atoms with E-state index >= 15 is 0 Å². The zero-order valence-corrected chi connectivity index (χ0v) is 13.3. The van der Waals surface area contributed by atoms with E-state index in [9.17, 15) is 8.42 Å². The van der Waals surface area contributed by atoms with Crippen molar-refractivity contribution < 1.29 is 13.2 Å². The van der Waals surface area contributed by atoms with E-state index < -0.39 is 10.0 Å². The van der Waals surface area contributed by atoms with Gasteiger partial charge >= 0.3 is 0 Å². The number of anilines is 1. The lowest BCUT2D eigenvalue weighted by molar-refractivity contribution is 0.0708. The molecule has 1 aliphatic rings. The van der Waals surface area contributed by atoms with E-state index in [2.05, 4.69) is 9.62 Å². The number of hydrogen-bond acceptors (Lipinski definition) is 5. The zero-order valence-electron chi connectivity index (χ0n) is 12.5. The van der Waals surface area contributed by atoms with Crippen molar-refractivity contribution in [2.45, 2.75) is 29.9 Å². The molecule has 6 nitrogen and oxygen atoms in total. The minimum atomic E-state index is -3.49. The Labute approximate surface area is 126 Å². The van der Waals surface area contributed by atoms with Crippen LogP contribution in [0.25, 0.3) is 0 Å². The van der Waals surface area contributed by atoms with E-state index in [1.807, 2.05) is 12.1 Å². The Kier molecular flexibility index (Phi) is 5.21. The normalized spacial score (nSPS) is 23.3. The predicted molar refractivity (Wildman–Crippen MR) is 82.9 cm³/mol. The van der Waals surface area contributed by atoms with E-state index in [-0.39, 0.29) is 12.1 Å². The second kappa shape index (κ2) is 6.74. The number of hydrogen-bond donors (Lipinski definition) is 2. The molecule has 0 spiro atoms. The molecule has 3 N–H and O–H groups in total. The Morgan fingerprint density at radius 3 is 2.76 bits per heavy atom. The molecule has 2 unspecified atom stereocenters. The van der Waals surface area contributed by atoms with Crippen LogP contribution >= 0.6 is 0 Å². The molecule has 1 fully saturated rings. The van der Waals surface area contributed by atoms with Crippen molar-refractivity contribution >= 4 is 15.7 Å². The fourth-order valence-corrected chi connectivity index (χ4v) is 3.74. The summed E-state index contributed by atoms with van der Waals surface area (Å²) in [6, 6.07) is 7.11. The first-order chi connectivity index (χ1) is 10.0. The first kappa shape index (κ1) is 16.2. The third-order valence-electron chi connectivity index (χ3n) is 4.01. The van der Waals surface area contributed by atoms with Gasteiger partial charge in [-0.05, 0) is 32.0 Å². The maximum atomic E-state index is 12.2. The second-order valence-electron chi connectivity index (χ2n) is 5.14. The highest BCUT2D eigenvalue weighted by Crippen LogP contribution is 2.31. The SMILES string of the molecule is CNS(=O)(=O)c1ccccc1N1CCC(OC)CC1CN. The topological polar surface area (TPSA) is 84.7 Å². The lowest BCUT2D eigenvalue weighted by Crippen LogP contribution is -2.49. The molecule has 2 atom stereocenters. The summed E-state index contributed by atoms with van der Waals surface area (Å²) in [7, 11) is -0.371. The summed E-state index contributed by atoms with van der Waals surface area (Å²) in [5.41, 5.74) is 6.58. The fourth-order valence-electron chi connectivity index (χ4n) is 2.80. The van der Waals surface area contributed by atoms with Gasteiger partial charge in [-0.25, -0.2) is 13.1 Å². The molecule has 2 rings (SSSR count). The number of nitrogens with zero attached hydrogens (tertiary/aromatic N) is 1. The van der Waals surface area contributed by atoms with Crippen LogP contribution < -0.4 is 15.4 Å². The van der Waals surface area contributed by atoms with Gasteiger partial charge in [0.2, 0.25) is 10.0 Å². The van der Waals surface area contributed by atoms with E-state index in [0.29, 0.717) is 17.1 Å². The summed E-state index contributed by atoms with van der Waals surface area (Å²) in [5.74, 6) is 0. The molecule has 0 radical (unpaired) electrons. The molecule has 0 aliphatic carbocycles. The third kappa shape index (κ3) is 3.37. The number of para-hydroxylation sites is 1. The predicted octanol–water partition coefficient (Wildman–Crippen LogP) is 0.537. The first-order valence-electron chi connectivity index (χ1n) is 7.05. The summed E-state index contributed by atoms with van der Waals surface area (Å²) in [5, 5.41) is 0. The van der Waals surface area contributed by atoms with Crippen molar-refractivity contribution in [2.24, 2.45) is 5.73 Å². The highest BCUT2D eigenvalue weighted by molar-refractivity contribution is 7.89. The van der Waals surface area contributed by atoms with E-state index in [1.165, 1.54) is 7.05 Å². The number of nitrogens with two attached hydrogens (primary N) is 1. The van der Waals surface area contributed by atoms with Crippen LogP contribution in [0.15, 0.2) is 29.2 Å². The molecular formula is C14H23N3O3S. The van der Waals surface area contributed by atoms with E-state index in [4.69, 9.17) is 10.5 Å². The molecule has 7 heteroatoms. The maximum Gasteiger partial charge on any atom is 0.242 e. The fraction of sp³-hybridized carbons (Fsp3) is 0.571. The molecule has 0 bridgehead atoms. The first-order valence-corrected chi connectivity index (χ1v) is 8.54. The van der Waals surface area contributed by atoms with E-state index in [1.54, 1.807) is 19.2 Å². The van der Waals surface area contributed by atoms with Gasteiger partial charge < -0.3 is 15.4 Å². The number of piperidine rings is 1. The molecule has 1 aromatic rings. The Bertz CT molecular complexity index is 577. The molecule has 21 heavy (non-hydrogen) atoms. The molecule has 0 saturated carbocycles. The minimum absolute atomic E-state index is 0.0805. The summed E-state index contributed by atoms with van der Waals surface area (Å²) < 4.78 is 32.2. The Morgan fingerprint density at radius 2 is 2.14 bits per heavy atom. The van der Waals surface area contributed by atoms with Gasteiger partial charge in [-0.1, -0.05) is 12.1 Å². The third-order valence-corrected chi connectivity index (χ3v) is 5.47. The Morgan fingerprint density at radius 1 is 1.43 bits per heavy atom. The van der Waals surface area contributed by atoms with Crippen LogP contribution in [0.5, 0.6) is 0 Å². The van der Waals surface area contributed by atoms with Gasteiger partial charge in [-0.15, -0.1) is 0 Å². The molecule has 1 aliphatic heterocycles. The van der Waals surface area contributed by atoms with Crippen LogP contribution in [0.3, 0.4) is 0 Å². The maximum absolute atomic E-state index is 12.2. The quantitative estimate of drug-likeness (QED) is 0.829. The molecule has 0 aromatic heterocycles. The van der Waals surface area contributed by atoms with Crippen LogP contribution in [0.2, 0.25) is 0 Å². The Balaban J connectivity index is 2.38. The molecule has 1 saturated heterocycles. The van der Waals surface area contributed by atoms with Gasteiger partial charge in [0.25, 0.3) is 0 Å². The van der Waals surface area contributed by atoms with Gasteiger partial charge in [0.15, 0.2) is 0 Å². The van der Waals surface area contributed by atoms with Crippen LogP contribution in [0.1, 0.15) is 12.8 Å². The number of nitrogens with one attached hydrogen (secondary N) is 1. The van der Waals surface area contributed by atoms with Crippen molar-refractivity contribution in [1.29, 1.82) is 0 Å². The van der Waals surface area contributed by atoms with Crippen molar-refractivity contribution in [3.63, 3.8) is 0 Å². The minimum Gasteiger partial charge on any atom is -0.381 e. The summed E-state index contributed by atoms with van der Waals surface area (Å²) in [6.07, 6.45) is 1.85. The smallest absolute Gasteiger partial charge is 0.242 e. The number of methoxy groups -OCH3 is 1. The van der Waals surface area contributed by atoms with Crippen LogP contribution in [-0.2, 0) is 14.8 Å². The van der Waals surface area contributed by atoms with E-state index in [0.717, 1.165) is 19.4 Å². The lowest BCUT2D eigenvalue weighted by Gasteiger charge is -2.40. The van der Waals surface area contributed by atoms with Crippen molar-refractivity contribution in [2.75, 3.05) is 32.1 Å². The molecule has 1 heterocycles. The zero-order chi connectivity index (χ0) is 15.5. The van der Waals surface area contributed by atoms with Crippen LogP contribution in [0, 0.1) is 0 Å². The summed E-state index contributed by atoms with van der Waals surface area (Å²) in [4.78, 5) is 2.38. The van der Waals surface area contributed by atoms with Crippen molar-refractivity contribution in [3.8, 4) is 0 Å².